The Balaban J connectivity index is 1.84. The molecule has 0 saturated heterocycles. The molecular formula is C16H21NS. The summed E-state index contributed by atoms with van der Waals surface area (Å²) in [5, 5.41) is 5.80. The predicted octanol–water partition coefficient (Wildman–Crippen LogP) is 4.34. The summed E-state index contributed by atoms with van der Waals surface area (Å²) >= 11 is 1.84. The molecule has 2 rings (SSSR count). The first-order valence-corrected chi connectivity index (χ1v) is 7.50. The molecule has 0 saturated carbocycles. The smallest absolute Gasteiger partial charge is 0.0412 e. The Labute approximate surface area is 114 Å². The molecule has 18 heavy (non-hydrogen) atoms. The van der Waals surface area contributed by atoms with Crippen LogP contribution >= 0.6 is 11.3 Å². The molecule has 1 N–H and O–H groups in total. The predicted molar refractivity (Wildman–Crippen MR) is 80.2 cm³/mol. The van der Waals surface area contributed by atoms with Crippen molar-refractivity contribution >= 4 is 11.3 Å². The van der Waals surface area contributed by atoms with Crippen LogP contribution in [-0.2, 0) is 6.42 Å². The molecule has 1 unspecified atom stereocenters. The highest BCUT2D eigenvalue weighted by molar-refractivity contribution is 7.10. The lowest BCUT2D eigenvalue weighted by Crippen LogP contribution is -2.22. The fourth-order valence-electron chi connectivity index (χ4n) is 2.19. The van der Waals surface area contributed by atoms with E-state index in [1.54, 1.807) is 0 Å². The molecule has 1 nitrogen and oxygen atoms in total. The standard InChI is InChI=1S/C16H21NS/c1-3-15(16-8-5-11-18-16)17-10-9-14-7-4-6-13(2)12-14/h4-8,11-12,15,17H,3,9-10H2,1-2H3. The van der Waals surface area contributed by atoms with E-state index < -0.39 is 0 Å². The van der Waals surface area contributed by atoms with Gasteiger partial charge in [-0.1, -0.05) is 42.8 Å². The summed E-state index contributed by atoms with van der Waals surface area (Å²) < 4.78 is 0. The van der Waals surface area contributed by atoms with Gasteiger partial charge in [0, 0.05) is 10.9 Å². The van der Waals surface area contributed by atoms with E-state index in [4.69, 9.17) is 0 Å². The summed E-state index contributed by atoms with van der Waals surface area (Å²) in [5.41, 5.74) is 2.77. The van der Waals surface area contributed by atoms with Gasteiger partial charge in [0.1, 0.15) is 0 Å². The number of thiophene rings is 1. The van der Waals surface area contributed by atoms with Crippen LogP contribution in [0.2, 0.25) is 0 Å². The minimum atomic E-state index is 0.509. The molecule has 0 aliphatic carbocycles. The van der Waals surface area contributed by atoms with Gasteiger partial charge in [-0.15, -0.1) is 11.3 Å². The van der Waals surface area contributed by atoms with Crippen LogP contribution < -0.4 is 5.32 Å². The summed E-state index contributed by atoms with van der Waals surface area (Å²) in [6.45, 7) is 5.43. The molecule has 1 aromatic heterocycles. The Bertz CT molecular complexity index is 462. The monoisotopic (exact) mass is 259 g/mol. The molecule has 0 radical (unpaired) electrons. The van der Waals surface area contributed by atoms with Gasteiger partial charge < -0.3 is 5.32 Å². The molecule has 1 heterocycles. The van der Waals surface area contributed by atoms with E-state index in [0.29, 0.717) is 6.04 Å². The molecule has 1 atom stereocenters. The van der Waals surface area contributed by atoms with Crippen molar-refractivity contribution in [3.63, 3.8) is 0 Å². The Morgan fingerprint density at radius 3 is 2.78 bits per heavy atom. The van der Waals surface area contributed by atoms with Crippen molar-refractivity contribution in [2.24, 2.45) is 0 Å². The quantitative estimate of drug-likeness (QED) is 0.813. The van der Waals surface area contributed by atoms with E-state index >= 15 is 0 Å². The molecule has 0 spiro atoms. The van der Waals surface area contributed by atoms with Gasteiger partial charge in [0.05, 0.1) is 0 Å². The topological polar surface area (TPSA) is 12.0 Å². The molecular weight excluding hydrogens is 238 g/mol. The van der Waals surface area contributed by atoms with E-state index in [2.05, 4.69) is 60.9 Å². The second-order valence-corrected chi connectivity index (χ2v) is 5.65. The second kappa shape index (κ2) is 6.72. The SMILES string of the molecule is CCC(NCCc1cccc(C)c1)c1cccs1. The molecule has 0 aliphatic heterocycles. The summed E-state index contributed by atoms with van der Waals surface area (Å²) in [7, 11) is 0. The van der Waals surface area contributed by atoms with Gasteiger partial charge in [0.2, 0.25) is 0 Å². The van der Waals surface area contributed by atoms with Crippen LogP contribution in [0.1, 0.15) is 35.4 Å². The van der Waals surface area contributed by atoms with Crippen LogP contribution in [0.5, 0.6) is 0 Å². The number of rotatable bonds is 6. The van der Waals surface area contributed by atoms with E-state index in [9.17, 15) is 0 Å². The van der Waals surface area contributed by atoms with Crippen LogP contribution in [-0.4, -0.2) is 6.54 Å². The maximum Gasteiger partial charge on any atom is 0.0412 e. The average Bonchev–Trinajstić information content (AvgIpc) is 2.88. The van der Waals surface area contributed by atoms with E-state index in [0.717, 1.165) is 19.4 Å². The van der Waals surface area contributed by atoms with Crippen molar-refractivity contribution in [3.05, 3.63) is 57.8 Å². The maximum atomic E-state index is 3.65. The van der Waals surface area contributed by atoms with Crippen molar-refractivity contribution in [1.82, 2.24) is 5.32 Å². The van der Waals surface area contributed by atoms with Crippen LogP contribution in [0.4, 0.5) is 0 Å². The van der Waals surface area contributed by atoms with Crippen molar-refractivity contribution in [2.75, 3.05) is 6.54 Å². The average molecular weight is 259 g/mol. The first-order valence-electron chi connectivity index (χ1n) is 6.62. The van der Waals surface area contributed by atoms with Gasteiger partial charge in [0.25, 0.3) is 0 Å². The minimum absolute atomic E-state index is 0.509. The maximum absolute atomic E-state index is 3.65. The van der Waals surface area contributed by atoms with Gasteiger partial charge in [-0.05, 0) is 43.3 Å². The Morgan fingerprint density at radius 1 is 1.22 bits per heavy atom. The summed E-state index contributed by atoms with van der Waals surface area (Å²) in [6.07, 6.45) is 2.25. The minimum Gasteiger partial charge on any atom is -0.309 e. The summed E-state index contributed by atoms with van der Waals surface area (Å²) in [6, 6.07) is 13.6. The highest BCUT2D eigenvalue weighted by atomic mass is 32.1. The fourth-order valence-corrected chi connectivity index (χ4v) is 3.08. The third kappa shape index (κ3) is 3.69. The van der Waals surface area contributed by atoms with Gasteiger partial charge in [0.15, 0.2) is 0 Å². The Kier molecular flexibility index (Phi) is 4.97. The van der Waals surface area contributed by atoms with Crippen molar-refractivity contribution in [2.45, 2.75) is 32.7 Å². The summed E-state index contributed by atoms with van der Waals surface area (Å²) in [5.74, 6) is 0. The molecule has 0 amide bonds. The third-order valence-electron chi connectivity index (χ3n) is 3.18. The Hall–Kier alpha value is -1.12. The number of hydrogen-bond acceptors (Lipinski definition) is 2. The normalized spacial score (nSPS) is 12.6. The highest BCUT2D eigenvalue weighted by Gasteiger charge is 2.08. The van der Waals surface area contributed by atoms with Crippen LogP contribution in [0.3, 0.4) is 0 Å². The van der Waals surface area contributed by atoms with Gasteiger partial charge in [-0.3, -0.25) is 0 Å². The van der Waals surface area contributed by atoms with Crippen LogP contribution in [0, 0.1) is 6.92 Å². The fraction of sp³-hybridized carbons (Fsp3) is 0.375. The van der Waals surface area contributed by atoms with E-state index in [-0.39, 0.29) is 0 Å². The lowest BCUT2D eigenvalue weighted by molar-refractivity contribution is 0.530. The largest absolute Gasteiger partial charge is 0.309 e. The number of nitrogens with one attached hydrogen (secondary N) is 1. The van der Waals surface area contributed by atoms with Gasteiger partial charge in [-0.2, -0.15) is 0 Å². The van der Waals surface area contributed by atoms with Crippen molar-refractivity contribution in [3.8, 4) is 0 Å². The third-order valence-corrected chi connectivity index (χ3v) is 4.17. The zero-order chi connectivity index (χ0) is 12.8. The molecule has 0 bridgehead atoms. The number of hydrogen-bond donors (Lipinski definition) is 1. The zero-order valence-corrected chi connectivity index (χ0v) is 12.0. The zero-order valence-electron chi connectivity index (χ0n) is 11.1. The van der Waals surface area contributed by atoms with Crippen molar-refractivity contribution < 1.29 is 0 Å². The second-order valence-electron chi connectivity index (χ2n) is 4.67. The van der Waals surface area contributed by atoms with Crippen LogP contribution in [0.25, 0.3) is 0 Å². The van der Waals surface area contributed by atoms with Crippen LogP contribution in [0.15, 0.2) is 41.8 Å². The highest BCUT2D eigenvalue weighted by Crippen LogP contribution is 2.21. The molecule has 2 heteroatoms. The lowest BCUT2D eigenvalue weighted by Gasteiger charge is -2.15. The first-order chi connectivity index (χ1) is 8.79. The van der Waals surface area contributed by atoms with E-state index in [1.165, 1.54) is 16.0 Å². The number of benzene rings is 1. The Morgan fingerprint density at radius 2 is 2.11 bits per heavy atom. The molecule has 96 valence electrons. The lowest BCUT2D eigenvalue weighted by atomic mass is 10.1. The molecule has 1 aromatic carbocycles. The molecule has 0 aliphatic rings. The van der Waals surface area contributed by atoms with E-state index in [1.807, 2.05) is 11.3 Å². The first kappa shape index (κ1) is 13.3. The summed E-state index contributed by atoms with van der Waals surface area (Å²) in [4.78, 5) is 1.45. The van der Waals surface area contributed by atoms with Gasteiger partial charge in [-0.25, -0.2) is 0 Å². The molecule has 2 aromatic rings. The number of aryl methyl sites for hydroxylation is 1. The molecule has 0 fully saturated rings. The van der Waals surface area contributed by atoms with Gasteiger partial charge >= 0.3 is 0 Å². The van der Waals surface area contributed by atoms with Crippen molar-refractivity contribution in [1.29, 1.82) is 0 Å².